The van der Waals surface area contributed by atoms with Gasteiger partial charge in [-0.15, -0.1) is 5.10 Å². The molecule has 4 aromatic rings. The zero-order chi connectivity index (χ0) is 30.6. The molecule has 0 saturated heterocycles. The van der Waals surface area contributed by atoms with Crippen LogP contribution in [0.4, 0.5) is 10.5 Å². The topological polar surface area (TPSA) is 162 Å². The maximum atomic E-state index is 13.5. The summed E-state index contributed by atoms with van der Waals surface area (Å²) in [6.45, 7) is 7.25. The third kappa shape index (κ3) is 6.66. The van der Waals surface area contributed by atoms with E-state index < -0.39 is 23.3 Å². The maximum Gasteiger partial charge on any atom is 0.316 e. The lowest BCUT2D eigenvalue weighted by Gasteiger charge is -2.21. The number of nitrogens with zero attached hydrogens (tertiary/aromatic N) is 5. The van der Waals surface area contributed by atoms with Crippen molar-refractivity contribution < 1.29 is 29.0 Å². The number of halogens is 1. The highest BCUT2D eigenvalue weighted by atomic mass is 35.5. The lowest BCUT2D eigenvalue weighted by molar-refractivity contribution is -0.139. The Hall–Kier alpha value is -4.14. The van der Waals surface area contributed by atoms with Gasteiger partial charge in [-0.25, -0.2) is 9.67 Å². The van der Waals surface area contributed by atoms with Crippen LogP contribution in [0, 0.1) is 6.92 Å². The van der Waals surface area contributed by atoms with Crippen molar-refractivity contribution in [3.63, 3.8) is 0 Å². The van der Waals surface area contributed by atoms with Gasteiger partial charge in [0, 0.05) is 29.9 Å². The van der Waals surface area contributed by atoms with Crippen molar-refractivity contribution in [3.05, 3.63) is 58.5 Å². The highest BCUT2D eigenvalue weighted by Gasteiger charge is 2.26. The molecule has 3 N–H and O–H groups in total. The van der Waals surface area contributed by atoms with Crippen molar-refractivity contribution >= 4 is 57.1 Å². The summed E-state index contributed by atoms with van der Waals surface area (Å²) in [5, 5.41) is 26.3. The molecule has 0 saturated carbocycles. The van der Waals surface area contributed by atoms with Gasteiger partial charge in [0.2, 0.25) is 5.88 Å². The summed E-state index contributed by atoms with van der Waals surface area (Å²) < 4.78 is 12.6. The monoisotopic (exact) mass is 615 g/mol. The number of hydrogen-bond donors (Lipinski definition) is 3. The quantitative estimate of drug-likeness (QED) is 0.174. The number of pyridine rings is 1. The number of amides is 1. The van der Waals surface area contributed by atoms with Gasteiger partial charge in [0.05, 0.1) is 35.7 Å². The average molecular weight is 616 g/mol. The maximum absolute atomic E-state index is 13.5. The van der Waals surface area contributed by atoms with E-state index in [0.717, 1.165) is 16.4 Å². The zero-order valence-corrected chi connectivity index (χ0v) is 25.1. The van der Waals surface area contributed by atoms with E-state index in [2.05, 4.69) is 25.8 Å². The molecule has 3 aromatic heterocycles. The number of aromatic nitrogens is 5. The van der Waals surface area contributed by atoms with Gasteiger partial charge in [-0.2, -0.15) is 9.78 Å². The first-order chi connectivity index (χ1) is 20.0. The third-order valence-electron chi connectivity index (χ3n) is 5.87. The summed E-state index contributed by atoms with van der Waals surface area (Å²) in [5.74, 6) is -0.706. The number of carbonyl (C=O) groups excluding carboxylic acids is 3. The van der Waals surface area contributed by atoms with E-state index in [1.54, 1.807) is 32.0 Å². The van der Waals surface area contributed by atoms with Gasteiger partial charge in [0.25, 0.3) is 5.91 Å². The molecular formula is C27H30ClN7O6S. The molecule has 13 nitrogen and oxygen atoms in total. The molecule has 0 fully saturated rings. The number of aliphatic hydroxyl groups excluding tert-OH is 1. The number of carbonyl (C=O) groups is 3. The molecule has 15 heteroatoms. The Labute approximate surface area is 250 Å². The molecule has 3 heterocycles. The fourth-order valence-corrected chi connectivity index (χ4v) is 4.87. The summed E-state index contributed by atoms with van der Waals surface area (Å²) in [6, 6.07) is 6.33. The van der Waals surface area contributed by atoms with Crippen LogP contribution in [-0.4, -0.2) is 72.3 Å². The average Bonchev–Trinajstić information content (AvgIpc) is 3.56. The number of anilines is 1. The lowest BCUT2D eigenvalue weighted by Crippen LogP contribution is -2.31. The molecule has 1 aromatic carbocycles. The van der Waals surface area contributed by atoms with Crippen molar-refractivity contribution in [1.82, 2.24) is 29.9 Å². The molecule has 0 aliphatic carbocycles. The van der Waals surface area contributed by atoms with Crippen molar-refractivity contribution in [2.75, 3.05) is 24.8 Å². The zero-order valence-electron chi connectivity index (χ0n) is 23.5. The number of benzene rings is 1. The molecule has 0 radical (unpaired) electrons. The first kappa shape index (κ1) is 30.8. The number of nitrogens with one attached hydrogen (secondary N) is 2. The predicted octanol–water partition coefficient (Wildman–Crippen LogP) is 4.09. The van der Waals surface area contributed by atoms with Crippen LogP contribution in [0.25, 0.3) is 16.7 Å². The van der Waals surface area contributed by atoms with Crippen LogP contribution in [0.5, 0.6) is 5.88 Å². The molecular weight excluding hydrogens is 586 g/mol. The van der Waals surface area contributed by atoms with E-state index >= 15 is 0 Å². The van der Waals surface area contributed by atoms with Crippen LogP contribution < -0.4 is 15.4 Å². The minimum Gasteiger partial charge on any atom is -0.480 e. The van der Waals surface area contributed by atoms with E-state index in [1.807, 2.05) is 13.8 Å². The Morgan fingerprint density at radius 3 is 2.64 bits per heavy atom. The van der Waals surface area contributed by atoms with Gasteiger partial charge in [-0.05, 0) is 51.5 Å². The van der Waals surface area contributed by atoms with Gasteiger partial charge in [-0.1, -0.05) is 23.4 Å². The van der Waals surface area contributed by atoms with Gasteiger partial charge >= 0.3 is 11.2 Å². The van der Waals surface area contributed by atoms with E-state index in [1.165, 1.54) is 30.3 Å². The number of ether oxygens (including phenoxy) is 2. The van der Waals surface area contributed by atoms with Gasteiger partial charge in [0.1, 0.15) is 11.3 Å². The second-order valence-corrected chi connectivity index (χ2v) is 10.7. The SMILES string of the molecule is CCOC(=O)CSC(=O)n1cc2cc(C)c(NC(O)c3cc(OC)nn3-c3ncccc3Cl)c(C(=O)NC(C)C)c2n1. The molecule has 42 heavy (non-hydrogen) atoms. The Balaban J connectivity index is 1.77. The first-order valence-electron chi connectivity index (χ1n) is 12.9. The smallest absolute Gasteiger partial charge is 0.316 e. The highest BCUT2D eigenvalue weighted by molar-refractivity contribution is 8.14. The molecule has 1 atom stereocenters. The fourth-order valence-electron chi connectivity index (χ4n) is 4.11. The third-order valence-corrected chi connectivity index (χ3v) is 6.98. The molecule has 0 aliphatic heterocycles. The minimum atomic E-state index is -1.41. The molecule has 222 valence electrons. The molecule has 0 bridgehead atoms. The summed E-state index contributed by atoms with van der Waals surface area (Å²) >= 11 is 7.08. The lowest BCUT2D eigenvalue weighted by atomic mass is 10.0. The van der Waals surface area contributed by atoms with Crippen molar-refractivity contribution in [1.29, 1.82) is 0 Å². The second-order valence-electron chi connectivity index (χ2n) is 9.32. The number of esters is 1. The summed E-state index contributed by atoms with van der Waals surface area (Å²) in [4.78, 5) is 42.3. The van der Waals surface area contributed by atoms with Crippen LogP contribution in [0.15, 0.2) is 36.7 Å². The van der Waals surface area contributed by atoms with E-state index in [4.69, 9.17) is 21.1 Å². The summed E-state index contributed by atoms with van der Waals surface area (Å²) in [6.07, 6.45) is 1.61. The highest BCUT2D eigenvalue weighted by Crippen LogP contribution is 2.33. The normalized spacial score (nSPS) is 11.9. The van der Waals surface area contributed by atoms with Crippen molar-refractivity contribution in [2.45, 2.75) is 40.0 Å². The van der Waals surface area contributed by atoms with Crippen LogP contribution in [0.1, 0.15) is 48.6 Å². The Bertz CT molecular complexity index is 1640. The number of aryl methyl sites for hydroxylation is 1. The van der Waals surface area contributed by atoms with Crippen LogP contribution in [0.2, 0.25) is 5.02 Å². The fraction of sp³-hybridized carbons (Fsp3) is 0.333. The largest absolute Gasteiger partial charge is 0.480 e. The van der Waals surface area contributed by atoms with Crippen molar-refractivity contribution in [3.8, 4) is 11.7 Å². The van der Waals surface area contributed by atoms with Crippen LogP contribution in [0.3, 0.4) is 0 Å². The van der Waals surface area contributed by atoms with E-state index in [-0.39, 0.29) is 52.6 Å². The number of rotatable bonds is 10. The van der Waals surface area contributed by atoms with E-state index in [0.29, 0.717) is 16.0 Å². The van der Waals surface area contributed by atoms with Gasteiger partial charge in [0.15, 0.2) is 12.0 Å². The molecule has 1 amide bonds. The van der Waals surface area contributed by atoms with Gasteiger partial charge in [-0.3, -0.25) is 14.4 Å². The number of hydrogen-bond acceptors (Lipinski definition) is 11. The molecule has 0 spiro atoms. The van der Waals surface area contributed by atoms with Crippen LogP contribution >= 0.6 is 23.4 Å². The second kappa shape index (κ2) is 13.2. The molecule has 1 unspecified atom stereocenters. The minimum absolute atomic E-state index is 0.119. The van der Waals surface area contributed by atoms with Crippen molar-refractivity contribution in [2.24, 2.45) is 0 Å². The van der Waals surface area contributed by atoms with Crippen LogP contribution in [-0.2, 0) is 9.53 Å². The van der Waals surface area contributed by atoms with E-state index in [9.17, 15) is 19.5 Å². The number of thioether (sulfide) groups is 1. The predicted molar refractivity (Wildman–Crippen MR) is 158 cm³/mol. The summed E-state index contributed by atoms with van der Waals surface area (Å²) in [5.41, 5.74) is 1.45. The molecule has 4 rings (SSSR count). The molecule has 0 aliphatic rings. The first-order valence-corrected chi connectivity index (χ1v) is 14.3. The number of fused-ring (bicyclic) bond motifs is 1. The summed E-state index contributed by atoms with van der Waals surface area (Å²) in [7, 11) is 1.44. The Kier molecular flexibility index (Phi) is 9.70. The Morgan fingerprint density at radius 1 is 1.21 bits per heavy atom. The number of aliphatic hydroxyl groups is 1. The van der Waals surface area contributed by atoms with Gasteiger partial charge < -0.3 is 25.2 Å². The Morgan fingerprint density at radius 2 is 1.98 bits per heavy atom. The standard InChI is InChI=1S/C27H30ClN7O6S/c1-6-41-20(36)13-42-27(39)34-12-16-10-15(4)22(21(23(16)33-34)26(38)30-14(2)3)31-25(37)18-11-19(40-5)32-35(18)24-17(28)8-7-9-29-24/h7-12,14,25,31,37H,6,13H2,1-5H3,(H,30,38). The number of methoxy groups -OCH3 is 1.